The van der Waals surface area contributed by atoms with Gasteiger partial charge in [-0.2, -0.15) is 0 Å². The van der Waals surface area contributed by atoms with E-state index in [-0.39, 0.29) is 17.9 Å². The van der Waals surface area contributed by atoms with Gasteiger partial charge in [0.2, 0.25) is 0 Å². The number of aliphatic hydroxyl groups excluding tert-OH is 2. The van der Waals surface area contributed by atoms with Gasteiger partial charge >= 0.3 is 0 Å². The summed E-state index contributed by atoms with van der Waals surface area (Å²) in [7, 11) is 0. The molecule has 0 aromatic rings. The summed E-state index contributed by atoms with van der Waals surface area (Å²) in [6.45, 7) is 11.7. The van der Waals surface area contributed by atoms with E-state index in [0.717, 1.165) is 12.3 Å². The molecule has 4 heteroatoms. The minimum absolute atomic E-state index is 0.141. The molecular weight excluding hydrogens is 388 g/mol. The Morgan fingerprint density at radius 3 is 2.52 bits per heavy atom. The Balaban J connectivity index is 1.45. The largest absolute Gasteiger partial charge is 0.393 e. The van der Waals surface area contributed by atoms with Gasteiger partial charge in [-0.1, -0.05) is 60.0 Å². The fraction of sp³-hybridized carbons (Fsp3) is 0.926. The maximum absolute atomic E-state index is 11.7. The van der Waals surface area contributed by atoms with Gasteiger partial charge in [-0.3, -0.25) is 0 Å². The first-order valence-corrected chi connectivity index (χ1v) is 13.0. The summed E-state index contributed by atoms with van der Waals surface area (Å²) in [5.41, 5.74) is -0.762. The van der Waals surface area contributed by atoms with Gasteiger partial charge in [0.05, 0.1) is 12.2 Å². The van der Waals surface area contributed by atoms with Crippen LogP contribution in [0.5, 0.6) is 0 Å². The quantitative estimate of drug-likeness (QED) is 0.438. The van der Waals surface area contributed by atoms with E-state index in [1.54, 1.807) is 0 Å². The van der Waals surface area contributed by atoms with E-state index in [1.165, 1.54) is 37.7 Å². The van der Waals surface area contributed by atoms with Crippen molar-refractivity contribution in [1.29, 1.82) is 0 Å². The van der Waals surface area contributed by atoms with Gasteiger partial charge < -0.3 is 20.1 Å². The highest BCUT2D eigenvalue weighted by atomic mass is 16.6. The first-order chi connectivity index (χ1) is 14.5. The molecule has 176 valence electrons. The summed E-state index contributed by atoms with van der Waals surface area (Å²) < 4.78 is 6.61. The van der Waals surface area contributed by atoms with Crippen LogP contribution in [-0.2, 0) is 4.74 Å². The van der Waals surface area contributed by atoms with Crippen molar-refractivity contribution in [2.75, 3.05) is 0 Å². The summed E-state index contributed by atoms with van der Waals surface area (Å²) in [5, 5.41) is 33.1. The van der Waals surface area contributed by atoms with Gasteiger partial charge in [0, 0.05) is 11.8 Å². The zero-order chi connectivity index (χ0) is 22.4. The predicted octanol–water partition coefficient (Wildman–Crippen LogP) is 4.61. The van der Waals surface area contributed by atoms with Crippen LogP contribution in [0.1, 0.15) is 92.4 Å². The molecule has 1 aliphatic heterocycles. The second-order valence-electron chi connectivity index (χ2n) is 12.8. The van der Waals surface area contributed by atoms with Gasteiger partial charge in [0.1, 0.15) is 17.3 Å². The normalized spacial score (nSPS) is 53.8. The van der Waals surface area contributed by atoms with Crippen LogP contribution >= 0.6 is 0 Å². The molecule has 0 radical (unpaired) electrons. The molecule has 0 aromatic heterocycles. The fourth-order valence-corrected chi connectivity index (χ4v) is 9.00. The van der Waals surface area contributed by atoms with Gasteiger partial charge in [0.15, 0.2) is 0 Å². The van der Waals surface area contributed by atoms with E-state index >= 15 is 0 Å². The summed E-state index contributed by atoms with van der Waals surface area (Å²) in [5.74, 6) is 2.63. The van der Waals surface area contributed by atoms with E-state index < -0.39 is 28.8 Å². The molecule has 3 saturated carbocycles. The average molecular weight is 433 g/mol. The highest BCUT2D eigenvalue weighted by Crippen LogP contribution is 2.76. The minimum atomic E-state index is -1.31. The molecular formula is C27H44O4. The molecule has 10 atom stereocenters. The monoisotopic (exact) mass is 432 g/mol. The Morgan fingerprint density at radius 2 is 1.81 bits per heavy atom. The molecule has 0 aromatic carbocycles. The number of hydrogen-bond acceptors (Lipinski definition) is 4. The van der Waals surface area contributed by atoms with E-state index in [4.69, 9.17) is 4.74 Å². The zero-order valence-corrected chi connectivity index (χ0v) is 20.2. The Morgan fingerprint density at radius 1 is 1.06 bits per heavy atom. The van der Waals surface area contributed by atoms with E-state index in [1.807, 2.05) is 6.08 Å². The highest BCUT2D eigenvalue weighted by molar-refractivity contribution is 5.47. The standard InChI is InChI=1S/C27H44O4/c1-16(2)7-6-8-17(3)19-9-10-20-21-13-22(29)26(30)14-18(28)11-12-25(26,5)27(21)23(31-27)15-24(19,20)4/h13,16-20,22-23,28-30H,6-12,14-15H2,1-5H3/t17-,18?,19-,20+,22?,23?,24-,25+,26?,27+/m1/s1. The lowest BCUT2D eigenvalue weighted by Gasteiger charge is -2.60. The average Bonchev–Trinajstić information content (AvgIpc) is 3.30. The van der Waals surface area contributed by atoms with Crippen LogP contribution in [0.25, 0.3) is 0 Å². The van der Waals surface area contributed by atoms with Crippen molar-refractivity contribution >= 4 is 0 Å². The number of ether oxygens (including phenoxy) is 1. The van der Waals surface area contributed by atoms with E-state index in [2.05, 4.69) is 34.6 Å². The number of aliphatic hydroxyl groups is 3. The molecule has 0 bridgehead atoms. The molecule has 1 spiro atoms. The summed E-state index contributed by atoms with van der Waals surface area (Å²) in [6.07, 6.45) is 9.68. The third-order valence-electron chi connectivity index (χ3n) is 10.8. The van der Waals surface area contributed by atoms with Crippen LogP contribution in [0.15, 0.2) is 11.6 Å². The lowest BCUT2D eigenvalue weighted by Crippen LogP contribution is -2.69. The first kappa shape index (κ1) is 22.4. The van der Waals surface area contributed by atoms with E-state index in [0.29, 0.717) is 30.6 Å². The van der Waals surface area contributed by atoms with Crippen molar-refractivity contribution in [3.05, 3.63) is 11.6 Å². The van der Waals surface area contributed by atoms with Crippen LogP contribution in [-0.4, -0.2) is 44.8 Å². The Kier molecular flexibility index (Phi) is 5.08. The lowest BCUT2D eigenvalue weighted by atomic mass is 9.45. The third-order valence-corrected chi connectivity index (χ3v) is 10.8. The van der Waals surface area contributed by atoms with Gasteiger partial charge in [-0.15, -0.1) is 0 Å². The number of rotatable bonds is 5. The van der Waals surface area contributed by atoms with Crippen LogP contribution in [0.4, 0.5) is 0 Å². The van der Waals surface area contributed by atoms with Crippen molar-refractivity contribution in [2.45, 2.75) is 122 Å². The van der Waals surface area contributed by atoms with Crippen molar-refractivity contribution in [1.82, 2.24) is 0 Å². The van der Waals surface area contributed by atoms with Gasteiger partial charge in [-0.25, -0.2) is 0 Å². The molecule has 5 rings (SSSR count). The van der Waals surface area contributed by atoms with Crippen molar-refractivity contribution < 1.29 is 20.1 Å². The summed E-state index contributed by atoms with van der Waals surface area (Å²) >= 11 is 0. The highest BCUT2D eigenvalue weighted by Gasteiger charge is 2.82. The molecule has 31 heavy (non-hydrogen) atoms. The summed E-state index contributed by atoms with van der Waals surface area (Å²) in [6, 6.07) is 0. The first-order valence-electron chi connectivity index (χ1n) is 13.0. The number of hydrogen-bond donors (Lipinski definition) is 3. The second kappa shape index (κ2) is 7.04. The minimum Gasteiger partial charge on any atom is -0.393 e. The fourth-order valence-electron chi connectivity index (χ4n) is 9.00. The topological polar surface area (TPSA) is 73.2 Å². The van der Waals surface area contributed by atoms with Gasteiger partial charge in [0.25, 0.3) is 0 Å². The molecule has 4 aliphatic carbocycles. The van der Waals surface area contributed by atoms with Crippen LogP contribution in [0.2, 0.25) is 0 Å². The molecule has 0 amide bonds. The SMILES string of the molecule is CC(C)CCC[C@@H](C)[C@H]1CC[C@H]2C3=CC(O)C4(O)CC(O)CC[C@]4(C)[C@]34OC4C[C@]12C. The van der Waals surface area contributed by atoms with Crippen LogP contribution in [0, 0.1) is 34.5 Å². The van der Waals surface area contributed by atoms with Crippen molar-refractivity contribution in [3.8, 4) is 0 Å². The van der Waals surface area contributed by atoms with Crippen LogP contribution < -0.4 is 0 Å². The van der Waals surface area contributed by atoms with E-state index in [9.17, 15) is 15.3 Å². The molecule has 4 fully saturated rings. The molecule has 1 saturated heterocycles. The van der Waals surface area contributed by atoms with Crippen molar-refractivity contribution in [3.63, 3.8) is 0 Å². The van der Waals surface area contributed by atoms with Crippen molar-refractivity contribution in [2.24, 2.45) is 34.5 Å². The Hall–Kier alpha value is -0.420. The molecule has 3 N–H and O–H groups in total. The smallest absolute Gasteiger partial charge is 0.124 e. The molecule has 1 heterocycles. The molecule has 4 nitrogen and oxygen atoms in total. The lowest BCUT2D eigenvalue weighted by molar-refractivity contribution is -0.210. The van der Waals surface area contributed by atoms with Crippen LogP contribution in [0.3, 0.4) is 0 Å². The maximum atomic E-state index is 11.7. The molecule has 4 unspecified atom stereocenters. The zero-order valence-electron chi connectivity index (χ0n) is 20.2. The maximum Gasteiger partial charge on any atom is 0.124 e. The number of epoxide rings is 1. The third kappa shape index (κ3) is 2.80. The van der Waals surface area contributed by atoms with Gasteiger partial charge in [-0.05, 0) is 66.8 Å². The molecule has 5 aliphatic rings. The summed E-state index contributed by atoms with van der Waals surface area (Å²) in [4.78, 5) is 0. The number of fused-ring (bicyclic) bond motifs is 3. The predicted molar refractivity (Wildman–Crippen MR) is 121 cm³/mol. The Bertz CT molecular complexity index is 762. The Labute approximate surface area is 188 Å². The second-order valence-corrected chi connectivity index (χ2v) is 12.8.